The van der Waals surface area contributed by atoms with E-state index in [-0.39, 0.29) is 5.91 Å². The van der Waals surface area contributed by atoms with Crippen LogP contribution in [0.2, 0.25) is 5.15 Å². The Morgan fingerprint density at radius 2 is 2.35 bits per heavy atom. The van der Waals surface area contributed by atoms with Gasteiger partial charge < -0.3 is 5.32 Å². The van der Waals surface area contributed by atoms with Crippen LogP contribution in [-0.4, -0.2) is 28.9 Å². The van der Waals surface area contributed by atoms with Crippen molar-refractivity contribution in [3.8, 4) is 0 Å². The predicted molar refractivity (Wildman–Crippen MR) is 71.8 cm³/mol. The van der Waals surface area contributed by atoms with Crippen molar-refractivity contribution in [2.24, 2.45) is 5.92 Å². The zero-order valence-electron chi connectivity index (χ0n) is 9.70. The first-order valence-electron chi connectivity index (χ1n) is 5.71. The highest BCUT2D eigenvalue weighted by atomic mass is 35.5. The largest absolute Gasteiger partial charge is 0.352 e. The summed E-state index contributed by atoms with van der Waals surface area (Å²) < 4.78 is 0. The molecule has 1 aromatic heterocycles. The van der Waals surface area contributed by atoms with Gasteiger partial charge in [-0.15, -0.1) is 0 Å². The molecule has 1 aromatic rings. The summed E-state index contributed by atoms with van der Waals surface area (Å²) >= 11 is 7.80. The number of aryl methyl sites for hydroxylation is 1. The molecule has 92 valence electrons. The van der Waals surface area contributed by atoms with Crippen LogP contribution in [0.15, 0.2) is 12.1 Å². The average Bonchev–Trinajstić information content (AvgIpc) is 2.25. The van der Waals surface area contributed by atoms with Gasteiger partial charge in [-0.2, -0.15) is 11.8 Å². The van der Waals surface area contributed by atoms with Crippen molar-refractivity contribution in [1.29, 1.82) is 0 Å². The number of thioether (sulfide) groups is 1. The zero-order chi connectivity index (χ0) is 12.3. The molecule has 0 aliphatic carbocycles. The number of pyridine rings is 1. The summed E-state index contributed by atoms with van der Waals surface area (Å²) in [6, 6.07) is 3.42. The third kappa shape index (κ3) is 3.36. The van der Waals surface area contributed by atoms with Crippen molar-refractivity contribution in [3.63, 3.8) is 0 Å². The quantitative estimate of drug-likeness (QED) is 0.855. The van der Waals surface area contributed by atoms with E-state index in [1.807, 2.05) is 18.7 Å². The lowest BCUT2D eigenvalue weighted by atomic mass is 10.1. The lowest BCUT2D eigenvalue weighted by Crippen LogP contribution is -2.35. The van der Waals surface area contributed by atoms with E-state index in [0.717, 1.165) is 30.2 Å². The summed E-state index contributed by atoms with van der Waals surface area (Å²) in [6.07, 6.45) is 0.778. The Bertz CT molecular complexity index is 421. The molecule has 0 radical (unpaired) electrons. The van der Waals surface area contributed by atoms with Gasteiger partial charge >= 0.3 is 0 Å². The fraction of sp³-hybridized carbons (Fsp3) is 0.500. The molecule has 2 rings (SSSR count). The molecule has 3 nitrogen and oxygen atoms in total. The fourth-order valence-corrected chi connectivity index (χ4v) is 2.64. The normalized spacial score (nSPS) is 15.4. The van der Waals surface area contributed by atoms with Crippen molar-refractivity contribution >= 4 is 29.3 Å². The molecule has 2 heterocycles. The van der Waals surface area contributed by atoms with Gasteiger partial charge in [-0.1, -0.05) is 18.5 Å². The van der Waals surface area contributed by atoms with Gasteiger partial charge in [0.15, 0.2) is 0 Å². The molecule has 1 aliphatic rings. The third-order valence-corrected chi connectivity index (χ3v) is 4.34. The minimum atomic E-state index is -0.0547. The maximum Gasteiger partial charge on any atom is 0.251 e. The minimum Gasteiger partial charge on any atom is -0.352 e. The number of nitrogens with one attached hydrogen (secondary N) is 1. The molecule has 1 saturated heterocycles. The summed E-state index contributed by atoms with van der Waals surface area (Å²) in [4.78, 5) is 16.0. The summed E-state index contributed by atoms with van der Waals surface area (Å²) in [6.45, 7) is 2.75. The number of carbonyl (C=O) groups excluding carboxylic acids is 1. The second-order valence-electron chi connectivity index (χ2n) is 4.14. The number of aromatic nitrogens is 1. The molecule has 0 atom stereocenters. The Kier molecular flexibility index (Phi) is 4.29. The molecular weight excluding hydrogens is 256 g/mol. The Balaban J connectivity index is 1.99. The standard InChI is InChI=1S/C12H15ClN2OS/c1-2-10-3-9(4-11(13)15-10)12(16)14-5-8-6-17-7-8/h3-4,8H,2,5-7H2,1H3,(H,14,16). The average molecular weight is 271 g/mol. The lowest BCUT2D eigenvalue weighted by Gasteiger charge is -2.24. The summed E-state index contributed by atoms with van der Waals surface area (Å²) in [5.74, 6) is 2.88. The molecule has 1 fully saturated rings. The molecule has 0 aromatic carbocycles. The van der Waals surface area contributed by atoms with E-state index in [9.17, 15) is 4.79 Å². The van der Waals surface area contributed by atoms with Crippen LogP contribution >= 0.6 is 23.4 Å². The SMILES string of the molecule is CCc1cc(C(=O)NCC2CSC2)cc(Cl)n1. The van der Waals surface area contributed by atoms with Crippen molar-refractivity contribution < 1.29 is 4.79 Å². The molecule has 1 aliphatic heterocycles. The number of amides is 1. The monoisotopic (exact) mass is 270 g/mol. The van der Waals surface area contributed by atoms with Gasteiger partial charge in [-0.25, -0.2) is 4.98 Å². The van der Waals surface area contributed by atoms with Crippen molar-refractivity contribution in [2.75, 3.05) is 18.1 Å². The van der Waals surface area contributed by atoms with E-state index in [0.29, 0.717) is 16.6 Å². The second-order valence-corrected chi connectivity index (χ2v) is 5.60. The number of halogens is 1. The molecule has 1 amide bonds. The van der Waals surface area contributed by atoms with Crippen LogP contribution in [0.3, 0.4) is 0 Å². The maximum absolute atomic E-state index is 11.9. The molecular formula is C12H15ClN2OS. The van der Waals surface area contributed by atoms with Crippen molar-refractivity contribution in [1.82, 2.24) is 10.3 Å². The highest BCUT2D eigenvalue weighted by Crippen LogP contribution is 2.23. The van der Waals surface area contributed by atoms with Crippen LogP contribution in [0.4, 0.5) is 0 Å². The van der Waals surface area contributed by atoms with E-state index in [1.54, 1.807) is 12.1 Å². The molecule has 5 heteroatoms. The lowest BCUT2D eigenvalue weighted by molar-refractivity contribution is 0.0949. The molecule has 0 bridgehead atoms. The maximum atomic E-state index is 11.9. The number of hydrogen-bond acceptors (Lipinski definition) is 3. The highest BCUT2D eigenvalue weighted by molar-refractivity contribution is 8.00. The van der Waals surface area contributed by atoms with Gasteiger partial charge in [0.2, 0.25) is 0 Å². The molecule has 0 unspecified atom stereocenters. The summed E-state index contributed by atoms with van der Waals surface area (Å²) in [5, 5.41) is 3.32. The number of hydrogen-bond donors (Lipinski definition) is 1. The predicted octanol–water partition coefficient (Wildman–Crippen LogP) is 2.39. The number of rotatable bonds is 4. The first-order chi connectivity index (χ1) is 8.19. The molecule has 17 heavy (non-hydrogen) atoms. The van der Waals surface area contributed by atoms with E-state index in [2.05, 4.69) is 10.3 Å². The van der Waals surface area contributed by atoms with Gasteiger partial charge in [0.05, 0.1) is 0 Å². The van der Waals surface area contributed by atoms with Crippen LogP contribution in [0.1, 0.15) is 23.0 Å². The van der Waals surface area contributed by atoms with Crippen LogP contribution in [0.5, 0.6) is 0 Å². The van der Waals surface area contributed by atoms with Crippen LogP contribution in [0, 0.1) is 5.92 Å². The fourth-order valence-electron chi connectivity index (χ4n) is 1.60. The second kappa shape index (κ2) is 5.74. The Morgan fingerprint density at radius 1 is 1.59 bits per heavy atom. The van der Waals surface area contributed by atoms with Crippen molar-refractivity contribution in [3.05, 3.63) is 28.5 Å². The van der Waals surface area contributed by atoms with Crippen LogP contribution in [0.25, 0.3) is 0 Å². The van der Waals surface area contributed by atoms with Crippen LogP contribution < -0.4 is 5.32 Å². The van der Waals surface area contributed by atoms with E-state index >= 15 is 0 Å². The number of nitrogens with zero attached hydrogens (tertiary/aromatic N) is 1. The molecule has 0 saturated carbocycles. The van der Waals surface area contributed by atoms with Gasteiger partial charge in [-0.3, -0.25) is 4.79 Å². The first-order valence-corrected chi connectivity index (χ1v) is 7.24. The van der Waals surface area contributed by atoms with E-state index in [4.69, 9.17) is 11.6 Å². The Hall–Kier alpha value is -0.740. The van der Waals surface area contributed by atoms with Gasteiger partial charge in [0.1, 0.15) is 5.15 Å². The summed E-state index contributed by atoms with van der Waals surface area (Å²) in [7, 11) is 0. The highest BCUT2D eigenvalue weighted by Gasteiger charge is 2.19. The van der Waals surface area contributed by atoms with Gasteiger partial charge in [-0.05, 0) is 36.0 Å². The van der Waals surface area contributed by atoms with Gasteiger partial charge in [0, 0.05) is 17.8 Å². The van der Waals surface area contributed by atoms with E-state index < -0.39 is 0 Å². The summed E-state index contributed by atoms with van der Waals surface area (Å²) in [5.41, 5.74) is 1.45. The topological polar surface area (TPSA) is 42.0 Å². The zero-order valence-corrected chi connectivity index (χ0v) is 11.3. The Labute approximate surface area is 110 Å². The number of carbonyl (C=O) groups is 1. The van der Waals surface area contributed by atoms with Gasteiger partial charge in [0.25, 0.3) is 5.91 Å². The Morgan fingerprint density at radius 3 is 2.94 bits per heavy atom. The van der Waals surface area contributed by atoms with E-state index in [1.165, 1.54) is 0 Å². The minimum absolute atomic E-state index is 0.0547. The first kappa shape index (κ1) is 12.7. The molecule has 0 spiro atoms. The third-order valence-electron chi connectivity index (χ3n) is 2.73. The van der Waals surface area contributed by atoms with Crippen LogP contribution in [-0.2, 0) is 6.42 Å². The van der Waals surface area contributed by atoms with Crippen molar-refractivity contribution in [2.45, 2.75) is 13.3 Å². The smallest absolute Gasteiger partial charge is 0.251 e. The molecule has 1 N–H and O–H groups in total.